The summed E-state index contributed by atoms with van der Waals surface area (Å²) >= 11 is 1.65. The summed E-state index contributed by atoms with van der Waals surface area (Å²) < 4.78 is 0. The van der Waals surface area contributed by atoms with Crippen molar-refractivity contribution in [2.75, 3.05) is 0 Å². The molecule has 1 aliphatic carbocycles. The Kier molecular flexibility index (Phi) is 1.92. The number of rotatable bonds is 1. The Morgan fingerprint density at radius 2 is 2.45 bits per heavy atom. The highest BCUT2D eigenvalue weighted by atomic mass is 32.1. The number of hydrogen-bond donors (Lipinski definition) is 1. The van der Waals surface area contributed by atoms with Gasteiger partial charge in [0.05, 0.1) is 11.6 Å². The van der Waals surface area contributed by atoms with Gasteiger partial charge in [-0.25, -0.2) is 0 Å². The number of thiazole rings is 1. The van der Waals surface area contributed by atoms with Crippen LogP contribution in [0.5, 0.6) is 0 Å². The lowest BCUT2D eigenvalue weighted by molar-refractivity contribution is 0.165. The van der Waals surface area contributed by atoms with E-state index in [1.807, 2.05) is 11.7 Å². The number of aromatic nitrogens is 1. The molecule has 2 unspecified atom stereocenters. The molecule has 3 heteroatoms. The first-order chi connectivity index (χ1) is 5.38. The van der Waals surface area contributed by atoms with E-state index in [1.165, 1.54) is 4.88 Å². The van der Waals surface area contributed by atoms with Crippen LogP contribution in [0.3, 0.4) is 0 Å². The molecule has 0 bridgehead atoms. The minimum Gasteiger partial charge on any atom is -0.392 e. The molecule has 1 aliphatic rings. The summed E-state index contributed by atoms with van der Waals surface area (Å²) in [4.78, 5) is 5.25. The van der Waals surface area contributed by atoms with Crippen molar-refractivity contribution >= 4 is 11.3 Å². The zero-order valence-electron chi connectivity index (χ0n) is 6.23. The van der Waals surface area contributed by atoms with E-state index in [2.05, 4.69) is 4.98 Å². The monoisotopic (exact) mass is 169 g/mol. The molecule has 60 valence electrons. The van der Waals surface area contributed by atoms with Crippen LogP contribution in [0, 0.1) is 0 Å². The van der Waals surface area contributed by atoms with E-state index in [0.717, 1.165) is 19.3 Å². The highest BCUT2D eigenvalue weighted by Crippen LogP contribution is 2.35. The summed E-state index contributed by atoms with van der Waals surface area (Å²) in [6.45, 7) is 0. The van der Waals surface area contributed by atoms with Gasteiger partial charge in [-0.05, 0) is 12.8 Å². The molecule has 0 aliphatic heterocycles. The second kappa shape index (κ2) is 2.91. The first-order valence-corrected chi connectivity index (χ1v) is 4.82. The summed E-state index contributed by atoms with van der Waals surface area (Å²) in [5, 5.41) is 9.54. The van der Waals surface area contributed by atoms with Crippen molar-refractivity contribution in [1.82, 2.24) is 4.98 Å². The van der Waals surface area contributed by atoms with Gasteiger partial charge >= 0.3 is 0 Å². The van der Waals surface area contributed by atoms with E-state index in [9.17, 15) is 5.11 Å². The quantitative estimate of drug-likeness (QED) is 0.695. The fourth-order valence-corrected chi connectivity index (χ4v) is 2.50. The maximum absolute atomic E-state index is 9.54. The number of hydrogen-bond acceptors (Lipinski definition) is 3. The zero-order chi connectivity index (χ0) is 7.68. The van der Waals surface area contributed by atoms with E-state index >= 15 is 0 Å². The molecule has 0 saturated heterocycles. The van der Waals surface area contributed by atoms with Gasteiger partial charge in [-0.15, -0.1) is 11.3 Å². The second-order valence-electron chi connectivity index (χ2n) is 3.01. The maximum Gasteiger partial charge on any atom is 0.0794 e. The Labute approximate surface area is 69.9 Å². The molecule has 1 saturated carbocycles. The molecule has 2 rings (SSSR count). The van der Waals surface area contributed by atoms with Crippen molar-refractivity contribution in [1.29, 1.82) is 0 Å². The Morgan fingerprint density at radius 1 is 1.55 bits per heavy atom. The molecule has 2 nitrogen and oxygen atoms in total. The third-order valence-electron chi connectivity index (χ3n) is 2.30. The molecule has 1 aromatic rings. The number of nitrogens with zero attached hydrogens (tertiary/aromatic N) is 1. The third kappa shape index (κ3) is 1.30. The SMILES string of the molecule is OC1CCCC1c1cncs1. The van der Waals surface area contributed by atoms with Crippen molar-refractivity contribution in [3.63, 3.8) is 0 Å². The highest BCUT2D eigenvalue weighted by Gasteiger charge is 2.27. The normalized spacial score (nSPS) is 31.0. The fraction of sp³-hybridized carbons (Fsp3) is 0.625. The standard InChI is InChI=1S/C8H11NOS/c10-7-3-1-2-6(7)8-4-9-5-11-8/h4-7,10H,1-3H2. The lowest BCUT2D eigenvalue weighted by atomic mass is 10.1. The van der Waals surface area contributed by atoms with Gasteiger partial charge in [0.2, 0.25) is 0 Å². The van der Waals surface area contributed by atoms with Crippen LogP contribution in [-0.2, 0) is 0 Å². The van der Waals surface area contributed by atoms with E-state index < -0.39 is 0 Å². The minimum atomic E-state index is -0.115. The van der Waals surface area contributed by atoms with E-state index in [-0.39, 0.29) is 6.10 Å². The molecule has 11 heavy (non-hydrogen) atoms. The smallest absolute Gasteiger partial charge is 0.0794 e. The third-order valence-corrected chi connectivity index (χ3v) is 3.20. The van der Waals surface area contributed by atoms with Crippen molar-refractivity contribution in [2.45, 2.75) is 31.3 Å². The van der Waals surface area contributed by atoms with Gasteiger partial charge in [0.15, 0.2) is 0 Å². The molecule has 0 spiro atoms. The van der Waals surface area contributed by atoms with Gasteiger partial charge in [-0.1, -0.05) is 6.42 Å². The van der Waals surface area contributed by atoms with Crippen molar-refractivity contribution in [3.05, 3.63) is 16.6 Å². The number of aliphatic hydroxyl groups excluding tert-OH is 1. The molecule has 1 heterocycles. The molecule has 1 N–H and O–H groups in total. The van der Waals surface area contributed by atoms with E-state index in [0.29, 0.717) is 5.92 Å². The average molecular weight is 169 g/mol. The van der Waals surface area contributed by atoms with Gasteiger partial charge < -0.3 is 5.11 Å². The van der Waals surface area contributed by atoms with Crippen molar-refractivity contribution < 1.29 is 5.11 Å². The summed E-state index contributed by atoms with van der Waals surface area (Å²) in [5.74, 6) is 0.377. The average Bonchev–Trinajstić information content (AvgIpc) is 2.55. The van der Waals surface area contributed by atoms with E-state index in [4.69, 9.17) is 0 Å². The lowest BCUT2D eigenvalue weighted by Crippen LogP contribution is -2.09. The summed E-state index contributed by atoms with van der Waals surface area (Å²) in [6, 6.07) is 0. The van der Waals surface area contributed by atoms with Crippen LogP contribution in [0.2, 0.25) is 0 Å². The van der Waals surface area contributed by atoms with Crippen LogP contribution in [0.4, 0.5) is 0 Å². The fourth-order valence-electron chi connectivity index (χ4n) is 1.68. The largest absolute Gasteiger partial charge is 0.392 e. The molecular formula is C8H11NOS. The number of aliphatic hydroxyl groups is 1. The molecular weight excluding hydrogens is 158 g/mol. The first-order valence-electron chi connectivity index (χ1n) is 3.94. The van der Waals surface area contributed by atoms with Gasteiger partial charge in [0.1, 0.15) is 0 Å². The minimum absolute atomic E-state index is 0.115. The van der Waals surface area contributed by atoms with Gasteiger partial charge in [0.25, 0.3) is 0 Å². The predicted octanol–water partition coefficient (Wildman–Crippen LogP) is 1.77. The van der Waals surface area contributed by atoms with Crippen LogP contribution >= 0.6 is 11.3 Å². The van der Waals surface area contributed by atoms with Crippen molar-refractivity contribution in [3.8, 4) is 0 Å². The second-order valence-corrected chi connectivity index (χ2v) is 3.93. The maximum atomic E-state index is 9.54. The van der Waals surface area contributed by atoms with Crippen LogP contribution in [0.1, 0.15) is 30.1 Å². The Hall–Kier alpha value is -0.410. The highest BCUT2D eigenvalue weighted by molar-refractivity contribution is 7.09. The summed E-state index contributed by atoms with van der Waals surface area (Å²) in [6.07, 6.45) is 5.01. The lowest BCUT2D eigenvalue weighted by Gasteiger charge is -2.10. The molecule has 2 atom stereocenters. The van der Waals surface area contributed by atoms with Gasteiger partial charge in [-0.3, -0.25) is 4.98 Å². The van der Waals surface area contributed by atoms with Gasteiger partial charge in [-0.2, -0.15) is 0 Å². The van der Waals surface area contributed by atoms with Crippen LogP contribution < -0.4 is 0 Å². The summed E-state index contributed by atoms with van der Waals surface area (Å²) in [7, 11) is 0. The van der Waals surface area contributed by atoms with Crippen LogP contribution in [0.25, 0.3) is 0 Å². The first kappa shape index (κ1) is 7.25. The molecule has 1 aromatic heterocycles. The Balaban J connectivity index is 2.16. The summed E-state index contributed by atoms with van der Waals surface area (Å²) in [5.41, 5.74) is 1.83. The molecule has 0 radical (unpaired) electrons. The van der Waals surface area contributed by atoms with Gasteiger partial charge in [0, 0.05) is 17.0 Å². The van der Waals surface area contributed by atoms with E-state index in [1.54, 1.807) is 11.3 Å². The van der Waals surface area contributed by atoms with Crippen LogP contribution in [-0.4, -0.2) is 16.2 Å². The van der Waals surface area contributed by atoms with Crippen LogP contribution in [0.15, 0.2) is 11.7 Å². The Morgan fingerprint density at radius 3 is 3.00 bits per heavy atom. The Bertz CT molecular complexity index is 222. The zero-order valence-corrected chi connectivity index (χ0v) is 7.05. The topological polar surface area (TPSA) is 33.1 Å². The molecule has 0 aromatic carbocycles. The predicted molar refractivity (Wildman–Crippen MR) is 44.7 cm³/mol. The molecule has 1 fully saturated rings. The molecule has 0 amide bonds. The van der Waals surface area contributed by atoms with Crippen molar-refractivity contribution in [2.24, 2.45) is 0 Å².